The van der Waals surface area contributed by atoms with E-state index in [1.54, 1.807) is 14.0 Å². The highest BCUT2D eigenvalue weighted by Gasteiger charge is 2.22. The highest BCUT2D eigenvalue weighted by molar-refractivity contribution is 6.00. The van der Waals surface area contributed by atoms with Crippen LogP contribution in [0, 0.1) is 0 Å². The number of hydrogen-bond acceptors (Lipinski definition) is 5. The monoisotopic (exact) mass is 260 g/mol. The van der Waals surface area contributed by atoms with E-state index in [0.717, 1.165) is 5.69 Å². The number of benzene rings is 1. The summed E-state index contributed by atoms with van der Waals surface area (Å²) in [5.74, 6) is 0.188. The molecule has 2 aromatic rings. The first-order valence-electron chi connectivity index (χ1n) is 5.95. The van der Waals surface area contributed by atoms with Gasteiger partial charge in [-0.05, 0) is 19.1 Å². The van der Waals surface area contributed by atoms with Crippen LogP contribution in [0.1, 0.15) is 17.3 Å². The molecule has 6 nitrogen and oxygen atoms in total. The number of rotatable bonds is 4. The summed E-state index contributed by atoms with van der Waals surface area (Å²) in [6.07, 6.45) is 0. The predicted molar refractivity (Wildman–Crippen MR) is 73.3 cm³/mol. The van der Waals surface area contributed by atoms with Crippen molar-refractivity contribution in [2.24, 2.45) is 7.05 Å². The van der Waals surface area contributed by atoms with Crippen LogP contribution in [-0.4, -0.2) is 22.4 Å². The van der Waals surface area contributed by atoms with Gasteiger partial charge in [0.25, 0.3) is 0 Å². The standard InChI is InChI=1S/C13H16N4O2/c1-3-19-13(18)10-11(14)17(2)16-12(10)15-9-7-5-4-6-8-9/h4-8H,3,14H2,1-2H3,(H,15,16). The van der Waals surface area contributed by atoms with Gasteiger partial charge >= 0.3 is 5.97 Å². The number of carbonyl (C=O) groups excluding carboxylic acids is 1. The molecule has 0 unspecified atom stereocenters. The van der Waals surface area contributed by atoms with E-state index in [0.29, 0.717) is 5.82 Å². The van der Waals surface area contributed by atoms with Crippen molar-refractivity contribution in [3.05, 3.63) is 35.9 Å². The van der Waals surface area contributed by atoms with Crippen molar-refractivity contribution in [1.82, 2.24) is 9.78 Å². The fourth-order valence-corrected chi connectivity index (χ4v) is 1.69. The highest BCUT2D eigenvalue weighted by Crippen LogP contribution is 2.25. The third kappa shape index (κ3) is 2.67. The number of esters is 1. The van der Waals surface area contributed by atoms with E-state index in [1.807, 2.05) is 30.3 Å². The lowest BCUT2D eigenvalue weighted by atomic mass is 10.2. The van der Waals surface area contributed by atoms with E-state index in [1.165, 1.54) is 4.68 Å². The minimum atomic E-state index is -0.480. The predicted octanol–water partition coefficient (Wildman–Crippen LogP) is 1.92. The number of nitrogens with two attached hydrogens (primary N) is 1. The molecule has 1 aromatic carbocycles. The number of anilines is 3. The zero-order valence-electron chi connectivity index (χ0n) is 10.9. The largest absolute Gasteiger partial charge is 0.462 e. The number of nitrogens with one attached hydrogen (secondary N) is 1. The van der Waals surface area contributed by atoms with Crippen LogP contribution in [-0.2, 0) is 11.8 Å². The molecule has 0 amide bonds. The summed E-state index contributed by atoms with van der Waals surface area (Å²) in [4.78, 5) is 11.9. The molecule has 6 heteroatoms. The molecule has 0 aliphatic rings. The number of para-hydroxylation sites is 1. The zero-order valence-corrected chi connectivity index (χ0v) is 10.9. The van der Waals surface area contributed by atoms with Gasteiger partial charge in [0.05, 0.1) is 6.61 Å². The molecule has 0 spiro atoms. The number of aryl methyl sites for hydroxylation is 1. The Balaban J connectivity index is 2.35. The van der Waals surface area contributed by atoms with Crippen LogP contribution in [0.2, 0.25) is 0 Å². The average molecular weight is 260 g/mol. The second-order valence-electron chi connectivity index (χ2n) is 3.94. The van der Waals surface area contributed by atoms with E-state index >= 15 is 0 Å². The molecule has 0 atom stereocenters. The smallest absolute Gasteiger partial charge is 0.345 e. The summed E-state index contributed by atoms with van der Waals surface area (Å²) < 4.78 is 6.43. The summed E-state index contributed by atoms with van der Waals surface area (Å²) in [7, 11) is 1.67. The van der Waals surface area contributed by atoms with E-state index in [2.05, 4.69) is 10.4 Å². The topological polar surface area (TPSA) is 82.2 Å². The summed E-state index contributed by atoms with van der Waals surface area (Å²) in [6, 6.07) is 9.43. The summed E-state index contributed by atoms with van der Waals surface area (Å²) in [6.45, 7) is 2.03. The number of hydrogen-bond donors (Lipinski definition) is 2. The van der Waals surface area contributed by atoms with Gasteiger partial charge < -0.3 is 15.8 Å². The zero-order chi connectivity index (χ0) is 13.8. The maximum absolute atomic E-state index is 11.9. The van der Waals surface area contributed by atoms with Gasteiger partial charge in [0, 0.05) is 12.7 Å². The number of aromatic nitrogens is 2. The van der Waals surface area contributed by atoms with Crippen molar-refractivity contribution in [3.63, 3.8) is 0 Å². The van der Waals surface area contributed by atoms with Crippen LogP contribution in [0.4, 0.5) is 17.3 Å². The minimum absolute atomic E-state index is 0.258. The SMILES string of the molecule is CCOC(=O)c1c(Nc2ccccc2)nn(C)c1N. The third-order valence-electron chi connectivity index (χ3n) is 2.61. The molecule has 0 aliphatic carbocycles. The lowest BCUT2D eigenvalue weighted by Crippen LogP contribution is -2.09. The molecule has 0 bridgehead atoms. The first-order valence-corrected chi connectivity index (χ1v) is 5.95. The molecule has 3 N–H and O–H groups in total. The lowest BCUT2D eigenvalue weighted by molar-refractivity contribution is 0.0528. The van der Waals surface area contributed by atoms with Crippen molar-refractivity contribution in [3.8, 4) is 0 Å². The molecule has 100 valence electrons. The van der Waals surface area contributed by atoms with Gasteiger partial charge in [-0.25, -0.2) is 4.79 Å². The molecular weight excluding hydrogens is 244 g/mol. The number of nitrogens with zero attached hydrogens (tertiary/aromatic N) is 2. The third-order valence-corrected chi connectivity index (χ3v) is 2.61. The molecule has 0 fully saturated rings. The van der Waals surface area contributed by atoms with Gasteiger partial charge in [0.15, 0.2) is 5.82 Å². The van der Waals surface area contributed by atoms with Gasteiger partial charge in [-0.1, -0.05) is 18.2 Å². The first-order chi connectivity index (χ1) is 9.13. The van der Waals surface area contributed by atoms with E-state index < -0.39 is 5.97 Å². The maximum atomic E-state index is 11.9. The Bertz CT molecular complexity index is 578. The van der Waals surface area contributed by atoms with Crippen LogP contribution in [0.25, 0.3) is 0 Å². The van der Waals surface area contributed by atoms with E-state index in [4.69, 9.17) is 10.5 Å². The van der Waals surface area contributed by atoms with Crippen molar-refractivity contribution in [1.29, 1.82) is 0 Å². The quantitative estimate of drug-likeness (QED) is 0.821. The molecule has 0 aliphatic heterocycles. The summed E-state index contributed by atoms with van der Waals surface area (Å²) in [5.41, 5.74) is 6.93. The fraction of sp³-hybridized carbons (Fsp3) is 0.231. The molecule has 19 heavy (non-hydrogen) atoms. The van der Waals surface area contributed by atoms with Crippen LogP contribution in [0.5, 0.6) is 0 Å². The Morgan fingerprint density at radius 1 is 1.42 bits per heavy atom. The van der Waals surface area contributed by atoms with Crippen LogP contribution >= 0.6 is 0 Å². The Morgan fingerprint density at radius 2 is 2.11 bits per heavy atom. The van der Waals surface area contributed by atoms with Crippen molar-refractivity contribution in [2.75, 3.05) is 17.7 Å². The maximum Gasteiger partial charge on any atom is 0.345 e. The molecule has 0 radical (unpaired) electrons. The second kappa shape index (κ2) is 5.43. The van der Waals surface area contributed by atoms with Gasteiger partial charge in [-0.15, -0.1) is 0 Å². The Hall–Kier alpha value is -2.50. The van der Waals surface area contributed by atoms with Gasteiger partial charge in [0.1, 0.15) is 11.4 Å². The number of ether oxygens (including phenoxy) is 1. The summed E-state index contributed by atoms with van der Waals surface area (Å²) in [5, 5.41) is 7.25. The number of carbonyl (C=O) groups is 1. The van der Waals surface area contributed by atoms with Gasteiger partial charge in [0.2, 0.25) is 0 Å². The Kier molecular flexibility index (Phi) is 3.70. The molecule has 1 aromatic heterocycles. The highest BCUT2D eigenvalue weighted by atomic mass is 16.5. The van der Waals surface area contributed by atoms with E-state index in [9.17, 15) is 4.79 Å². The Labute approximate surface area is 111 Å². The summed E-state index contributed by atoms with van der Waals surface area (Å²) >= 11 is 0. The van der Waals surface area contributed by atoms with Crippen molar-refractivity contribution < 1.29 is 9.53 Å². The van der Waals surface area contributed by atoms with Crippen molar-refractivity contribution >= 4 is 23.3 Å². The molecule has 1 heterocycles. The molecule has 0 saturated heterocycles. The van der Waals surface area contributed by atoms with Gasteiger partial charge in [-0.3, -0.25) is 4.68 Å². The Morgan fingerprint density at radius 3 is 2.74 bits per heavy atom. The second-order valence-corrected chi connectivity index (χ2v) is 3.94. The van der Waals surface area contributed by atoms with Crippen LogP contribution in [0.15, 0.2) is 30.3 Å². The normalized spacial score (nSPS) is 10.2. The molecule has 2 rings (SSSR count). The average Bonchev–Trinajstić information content (AvgIpc) is 2.66. The van der Waals surface area contributed by atoms with Crippen molar-refractivity contribution in [2.45, 2.75) is 6.92 Å². The van der Waals surface area contributed by atoms with Crippen LogP contribution < -0.4 is 11.1 Å². The minimum Gasteiger partial charge on any atom is -0.462 e. The fourth-order valence-electron chi connectivity index (χ4n) is 1.69. The van der Waals surface area contributed by atoms with Crippen LogP contribution in [0.3, 0.4) is 0 Å². The number of nitrogen functional groups attached to an aromatic ring is 1. The van der Waals surface area contributed by atoms with Gasteiger partial charge in [-0.2, -0.15) is 5.10 Å². The molecule has 0 saturated carbocycles. The van der Waals surface area contributed by atoms with E-state index in [-0.39, 0.29) is 18.0 Å². The first kappa shape index (κ1) is 12.9. The lowest BCUT2D eigenvalue weighted by Gasteiger charge is -2.05. The molecular formula is C13H16N4O2.